The molecule has 0 unspecified atom stereocenters. The van der Waals surface area contributed by atoms with Crippen LogP contribution >= 0.6 is 0 Å². The molecule has 0 aliphatic heterocycles. The molecule has 2 aromatic heterocycles. The van der Waals surface area contributed by atoms with Crippen LogP contribution in [0.15, 0.2) is 35.3 Å². The van der Waals surface area contributed by atoms with Gasteiger partial charge in [0.2, 0.25) is 5.95 Å². The average molecular weight is 295 g/mol. The van der Waals surface area contributed by atoms with Crippen LogP contribution in [0.25, 0.3) is 16.9 Å². The molecule has 0 radical (unpaired) electrons. The highest BCUT2D eigenvalue weighted by Gasteiger charge is 2.33. The van der Waals surface area contributed by atoms with Gasteiger partial charge in [-0.3, -0.25) is 9.78 Å². The van der Waals surface area contributed by atoms with Crippen molar-refractivity contribution < 1.29 is 13.2 Å². The predicted molar refractivity (Wildman–Crippen MR) is 68.9 cm³/mol. The Balaban J connectivity index is 2.15. The maximum atomic E-state index is 12.5. The van der Waals surface area contributed by atoms with Gasteiger partial charge in [0.15, 0.2) is 5.69 Å². The number of fused-ring (bicyclic) bond motifs is 1. The summed E-state index contributed by atoms with van der Waals surface area (Å²) < 4.78 is 38.4. The van der Waals surface area contributed by atoms with Crippen LogP contribution in [-0.2, 0) is 6.18 Å². The number of aromatic nitrogens is 4. The average Bonchev–Trinajstić information content (AvgIpc) is 2.89. The minimum Gasteiger partial charge on any atom is -0.399 e. The van der Waals surface area contributed by atoms with Gasteiger partial charge in [-0.15, -0.1) is 0 Å². The van der Waals surface area contributed by atoms with Crippen molar-refractivity contribution in [3.63, 3.8) is 0 Å². The van der Waals surface area contributed by atoms with Crippen LogP contribution in [0.4, 0.5) is 18.9 Å². The Labute approximate surface area is 115 Å². The molecular formula is C12H8F3N5O. The third kappa shape index (κ3) is 2.33. The fraction of sp³-hybridized carbons (Fsp3) is 0.0833. The molecule has 3 N–H and O–H groups in total. The van der Waals surface area contributed by atoms with Gasteiger partial charge >= 0.3 is 6.18 Å². The minimum atomic E-state index is -4.56. The second-order valence-corrected chi connectivity index (χ2v) is 4.31. The second-order valence-electron chi connectivity index (χ2n) is 4.31. The molecule has 0 saturated carbocycles. The number of alkyl halides is 3. The van der Waals surface area contributed by atoms with Gasteiger partial charge in [-0.25, -0.2) is 9.67 Å². The first-order valence-electron chi connectivity index (χ1n) is 5.77. The number of H-pyrrole nitrogens is 1. The van der Waals surface area contributed by atoms with Crippen molar-refractivity contribution in [1.82, 2.24) is 19.7 Å². The van der Waals surface area contributed by atoms with E-state index in [0.29, 0.717) is 11.2 Å². The van der Waals surface area contributed by atoms with E-state index in [9.17, 15) is 18.0 Å². The van der Waals surface area contributed by atoms with E-state index in [0.717, 1.165) is 16.9 Å². The van der Waals surface area contributed by atoms with Crippen molar-refractivity contribution in [3.8, 4) is 5.95 Å². The summed E-state index contributed by atoms with van der Waals surface area (Å²) in [5.74, 6) is -0.104. The molecule has 0 atom stereocenters. The number of hydrogen-bond donors (Lipinski definition) is 2. The van der Waals surface area contributed by atoms with Crippen LogP contribution in [0, 0.1) is 0 Å². The van der Waals surface area contributed by atoms with E-state index < -0.39 is 17.4 Å². The Morgan fingerprint density at radius 3 is 2.67 bits per heavy atom. The van der Waals surface area contributed by atoms with Crippen LogP contribution in [0.1, 0.15) is 5.69 Å². The molecule has 0 aliphatic rings. The maximum Gasteiger partial charge on any atom is 0.435 e. The van der Waals surface area contributed by atoms with E-state index >= 15 is 0 Å². The lowest BCUT2D eigenvalue weighted by Gasteiger charge is -2.04. The van der Waals surface area contributed by atoms with Gasteiger partial charge in [0.25, 0.3) is 5.56 Å². The number of nitrogen functional groups attached to an aromatic ring is 1. The Bertz CT molecular complexity index is 880. The van der Waals surface area contributed by atoms with Crippen molar-refractivity contribution in [1.29, 1.82) is 0 Å². The molecule has 2 heterocycles. The van der Waals surface area contributed by atoms with Crippen molar-refractivity contribution in [2.75, 3.05) is 5.73 Å². The molecule has 1 aromatic carbocycles. The molecule has 0 fully saturated rings. The zero-order valence-electron chi connectivity index (χ0n) is 10.3. The number of nitrogens with one attached hydrogen (secondary N) is 1. The van der Waals surface area contributed by atoms with Crippen LogP contribution < -0.4 is 11.3 Å². The molecule has 6 nitrogen and oxygen atoms in total. The lowest BCUT2D eigenvalue weighted by molar-refractivity contribution is -0.141. The number of rotatable bonds is 1. The molecule has 21 heavy (non-hydrogen) atoms. The van der Waals surface area contributed by atoms with Crippen molar-refractivity contribution in [3.05, 3.63) is 46.5 Å². The van der Waals surface area contributed by atoms with Crippen LogP contribution in [-0.4, -0.2) is 19.7 Å². The number of nitrogens with two attached hydrogens (primary N) is 1. The number of benzene rings is 1. The fourth-order valence-corrected chi connectivity index (χ4v) is 1.85. The summed E-state index contributed by atoms with van der Waals surface area (Å²) >= 11 is 0. The Hall–Kier alpha value is -2.84. The quantitative estimate of drug-likeness (QED) is 0.669. The van der Waals surface area contributed by atoms with Gasteiger partial charge in [0, 0.05) is 11.9 Å². The van der Waals surface area contributed by atoms with Crippen LogP contribution in [0.2, 0.25) is 0 Å². The summed E-state index contributed by atoms with van der Waals surface area (Å²) in [5.41, 5.74) is 4.70. The SMILES string of the molecule is Nc1ccc2nc(-n3ccc(C(F)(F)F)n3)[nH]c(=O)c2c1. The number of anilines is 1. The van der Waals surface area contributed by atoms with Gasteiger partial charge < -0.3 is 5.73 Å². The van der Waals surface area contributed by atoms with Crippen molar-refractivity contribution in [2.24, 2.45) is 0 Å². The van der Waals surface area contributed by atoms with Crippen molar-refractivity contribution in [2.45, 2.75) is 6.18 Å². The van der Waals surface area contributed by atoms with Gasteiger partial charge in [-0.1, -0.05) is 0 Å². The highest BCUT2D eigenvalue weighted by Crippen LogP contribution is 2.27. The van der Waals surface area contributed by atoms with Crippen LogP contribution in [0.5, 0.6) is 0 Å². The van der Waals surface area contributed by atoms with E-state index in [1.165, 1.54) is 12.1 Å². The topological polar surface area (TPSA) is 89.6 Å². The molecule has 108 valence electrons. The number of halogens is 3. The van der Waals surface area contributed by atoms with E-state index in [1.807, 2.05) is 0 Å². The Kier molecular flexibility index (Phi) is 2.71. The lowest BCUT2D eigenvalue weighted by Crippen LogP contribution is -2.15. The molecule has 0 amide bonds. The lowest BCUT2D eigenvalue weighted by atomic mass is 10.2. The first-order chi connectivity index (χ1) is 9.84. The largest absolute Gasteiger partial charge is 0.435 e. The first-order valence-corrected chi connectivity index (χ1v) is 5.77. The Morgan fingerprint density at radius 2 is 2.00 bits per heavy atom. The summed E-state index contributed by atoms with van der Waals surface area (Å²) in [6, 6.07) is 5.29. The normalized spacial score (nSPS) is 12.0. The third-order valence-corrected chi connectivity index (χ3v) is 2.81. The molecule has 0 aliphatic carbocycles. The van der Waals surface area contributed by atoms with Crippen LogP contribution in [0.3, 0.4) is 0 Å². The minimum absolute atomic E-state index is 0.104. The second kappa shape index (κ2) is 4.33. The highest BCUT2D eigenvalue weighted by molar-refractivity contribution is 5.81. The van der Waals surface area contributed by atoms with E-state index in [2.05, 4.69) is 15.1 Å². The number of hydrogen-bond acceptors (Lipinski definition) is 4. The van der Waals surface area contributed by atoms with Gasteiger partial charge in [0.05, 0.1) is 10.9 Å². The summed E-state index contributed by atoms with van der Waals surface area (Å²) in [6.07, 6.45) is -3.49. The summed E-state index contributed by atoms with van der Waals surface area (Å²) in [6.45, 7) is 0. The van der Waals surface area contributed by atoms with Gasteiger partial charge in [-0.2, -0.15) is 18.3 Å². The van der Waals surface area contributed by atoms with E-state index in [-0.39, 0.29) is 11.3 Å². The molecule has 0 spiro atoms. The molecular weight excluding hydrogens is 287 g/mol. The Morgan fingerprint density at radius 1 is 1.24 bits per heavy atom. The summed E-state index contributed by atoms with van der Waals surface area (Å²) in [5, 5.41) is 3.60. The first kappa shape index (κ1) is 13.2. The third-order valence-electron chi connectivity index (χ3n) is 2.81. The van der Waals surface area contributed by atoms with Gasteiger partial charge in [0.1, 0.15) is 0 Å². The smallest absolute Gasteiger partial charge is 0.399 e. The maximum absolute atomic E-state index is 12.5. The zero-order valence-corrected chi connectivity index (χ0v) is 10.3. The zero-order chi connectivity index (χ0) is 15.2. The fourth-order valence-electron chi connectivity index (χ4n) is 1.85. The molecule has 9 heteroatoms. The standard InChI is InChI=1S/C12H8F3N5O/c13-12(14,15)9-3-4-20(19-9)11-17-8-2-1-6(16)5-7(8)10(21)18-11/h1-5H,16H2,(H,17,18,21). The highest BCUT2D eigenvalue weighted by atomic mass is 19.4. The molecule has 0 saturated heterocycles. The van der Waals surface area contributed by atoms with Gasteiger partial charge in [-0.05, 0) is 24.3 Å². The monoisotopic (exact) mass is 295 g/mol. The molecule has 0 bridgehead atoms. The number of aromatic amines is 1. The summed E-state index contributed by atoms with van der Waals surface area (Å²) in [7, 11) is 0. The predicted octanol–water partition coefficient (Wildman–Crippen LogP) is 1.71. The summed E-state index contributed by atoms with van der Waals surface area (Å²) in [4.78, 5) is 18.3. The van der Waals surface area contributed by atoms with E-state index in [4.69, 9.17) is 5.73 Å². The number of nitrogens with zero attached hydrogens (tertiary/aromatic N) is 3. The van der Waals surface area contributed by atoms with E-state index in [1.54, 1.807) is 6.07 Å². The molecule has 3 aromatic rings. The van der Waals surface area contributed by atoms with Crippen molar-refractivity contribution >= 4 is 16.6 Å². The molecule has 3 rings (SSSR count).